The van der Waals surface area contributed by atoms with Gasteiger partial charge in [-0.25, -0.2) is 19.6 Å². The summed E-state index contributed by atoms with van der Waals surface area (Å²) in [6.07, 6.45) is 3.60. The molecule has 4 aromatic carbocycles. The Labute approximate surface area is 463 Å². The number of ether oxygens (including phenoxy) is 6. The number of esters is 2. The Balaban J connectivity index is 0.000000193. The molecule has 1 N–H and O–H groups in total. The Morgan fingerprint density at radius 3 is 1.28 bits per heavy atom. The number of carboxylic acids is 1. The third-order valence-corrected chi connectivity index (χ3v) is 15.7. The first-order valence-electron chi connectivity index (χ1n) is 23.9. The highest BCUT2D eigenvalue weighted by molar-refractivity contribution is 7.10. The third-order valence-electron chi connectivity index (χ3n) is 11.9. The van der Waals surface area contributed by atoms with Crippen LogP contribution in [0.2, 0.25) is 0 Å². The topological polar surface area (TPSA) is 196 Å². The number of carboxylic acid groups (broad SMARTS) is 1. The molecule has 0 aliphatic carbocycles. The van der Waals surface area contributed by atoms with Gasteiger partial charge in [0.25, 0.3) is 17.1 Å². The van der Waals surface area contributed by atoms with Crippen LogP contribution < -0.4 is 48.7 Å². The number of nitrogens with zero attached hydrogens (tertiary/aromatic N) is 4. The number of hydrogen-bond acceptors (Lipinski definition) is 17. The first-order chi connectivity index (χ1) is 37.7. The Morgan fingerprint density at radius 2 is 0.949 bits per heavy atom. The number of fused-ring (bicyclic) bond motifs is 2. The van der Waals surface area contributed by atoms with Crippen LogP contribution >= 0.6 is 45.3 Å². The Morgan fingerprint density at radius 1 is 0.564 bits per heavy atom. The lowest BCUT2D eigenvalue weighted by Gasteiger charge is -2.22. The summed E-state index contributed by atoms with van der Waals surface area (Å²) in [7, 11) is 5.83. The van der Waals surface area contributed by atoms with E-state index in [1.54, 1.807) is 49.4 Å². The molecule has 20 heteroatoms. The average molecular weight is 1130 g/mol. The molecule has 0 fully saturated rings. The van der Waals surface area contributed by atoms with Gasteiger partial charge in [0.2, 0.25) is 0 Å². The number of carbonyl (C=O) groups is 3. The molecular formula is C58H52N4O12S4. The van der Waals surface area contributed by atoms with Crippen LogP contribution in [0.5, 0.6) is 23.0 Å². The van der Waals surface area contributed by atoms with Crippen molar-refractivity contribution in [2.24, 2.45) is 9.98 Å². The predicted octanol–water partition coefficient (Wildman–Crippen LogP) is 8.21. The van der Waals surface area contributed by atoms with Crippen LogP contribution in [0, 0.1) is 0 Å². The molecule has 4 aromatic heterocycles. The first kappa shape index (κ1) is 55.8. The van der Waals surface area contributed by atoms with Gasteiger partial charge >= 0.3 is 11.9 Å². The lowest BCUT2D eigenvalue weighted by atomic mass is 10.0. The molecule has 0 saturated heterocycles. The smallest absolute Gasteiger partial charge is 0.338 e. The third kappa shape index (κ3) is 12.7. The molecule has 2 aliphatic rings. The number of rotatable bonds is 14. The van der Waals surface area contributed by atoms with Crippen molar-refractivity contribution in [2.75, 3.05) is 28.4 Å². The molecular weight excluding hydrogens is 1070 g/mol. The summed E-state index contributed by atoms with van der Waals surface area (Å²) in [5, 5.41) is 11.3. The van der Waals surface area contributed by atoms with Crippen LogP contribution in [0.1, 0.15) is 64.9 Å². The lowest BCUT2D eigenvalue weighted by molar-refractivity contribution is -0.137. The second kappa shape index (κ2) is 25.6. The maximum Gasteiger partial charge on any atom is 0.338 e. The van der Waals surface area contributed by atoms with Gasteiger partial charge in [0, 0.05) is 16.7 Å². The number of hydrogen-bond donors (Lipinski definition) is 1. The number of allylic oxidation sites excluding steroid dienone is 2. The highest BCUT2D eigenvalue weighted by atomic mass is 32.1. The Bertz CT molecular complexity index is 3660. The molecule has 2 atom stereocenters. The van der Waals surface area contributed by atoms with Crippen LogP contribution in [-0.2, 0) is 37.1 Å². The Hall–Kier alpha value is -8.43. The zero-order chi connectivity index (χ0) is 55.5. The van der Waals surface area contributed by atoms with Crippen LogP contribution in [0.15, 0.2) is 174 Å². The molecule has 16 nitrogen and oxygen atoms in total. The van der Waals surface area contributed by atoms with Crippen molar-refractivity contribution in [1.82, 2.24) is 9.13 Å². The minimum absolute atomic E-state index is 0.223. The van der Waals surface area contributed by atoms with E-state index in [4.69, 9.17) is 38.3 Å². The molecule has 6 heterocycles. The van der Waals surface area contributed by atoms with E-state index in [0.29, 0.717) is 77.4 Å². The number of benzene rings is 4. The Kier molecular flexibility index (Phi) is 18.3. The van der Waals surface area contributed by atoms with E-state index in [1.807, 2.05) is 132 Å². The number of carbonyl (C=O) groups excluding carboxylic acids is 2. The maximum atomic E-state index is 13.6. The van der Waals surface area contributed by atoms with Crippen molar-refractivity contribution in [2.45, 2.75) is 46.1 Å². The normalized spacial score (nSPS) is 14.8. The highest BCUT2D eigenvalue weighted by Gasteiger charge is 2.35. The molecule has 78 heavy (non-hydrogen) atoms. The van der Waals surface area contributed by atoms with Crippen molar-refractivity contribution in [3.63, 3.8) is 0 Å². The van der Waals surface area contributed by atoms with Gasteiger partial charge in [-0.15, -0.1) is 22.7 Å². The van der Waals surface area contributed by atoms with E-state index in [9.17, 15) is 19.2 Å². The molecule has 400 valence electrons. The first-order valence-corrected chi connectivity index (χ1v) is 27.3. The maximum absolute atomic E-state index is 13.6. The summed E-state index contributed by atoms with van der Waals surface area (Å²) >= 11 is 5.52. The van der Waals surface area contributed by atoms with Crippen LogP contribution in [0.3, 0.4) is 0 Å². The fourth-order valence-corrected chi connectivity index (χ4v) is 12.1. The van der Waals surface area contributed by atoms with E-state index in [0.717, 1.165) is 38.9 Å². The predicted molar refractivity (Wildman–Crippen MR) is 301 cm³/mol. The van der Waals surface area contributed by atoms with E-state index in [2.05, 4.69) is 9.98 Å². The van der Waals surface area contributed by atoms with Crippen molar-refractivity contribution in [3.8, 4) is 23.0 Å². The molecule has 0 saturated carbocycles. The molecule has 8 aromatic rings. The fraction of sp³-hybridized carbons (Fsp3) is 0.190. The summed E-state index contributed by atoms with van der Waals surface area (Å²) in [5.74, 6) is 0.534. The summed E-state index contributed by atoms with van der Waals surface area (Å²) in [6, 6.07) is 37.3. The van der Waals surface area contributed by atoms with Crippen molar-refractivity contribution < 1.29 is 47.9 Å². The fourth-order valence-electron chi connectivity index (χ4n) is 8.38. The standard InChI is InChI=1S/2C28H24N2O5S2.C2H4O2/c2*1-17-24(27(32)34-3)25(22-10-7-13-36-22)30-26(31)23(37-28(30)29-17)15-19-11-12-20(21(14-19)33-2)35-16-18-8-5-4-6-9-18;1-2(3)4/h2*4-15,25H,16H2,1-3H3;1H3,(H,3,4)/b2*23-15-;. The highest BCUT2D eigenvalue weighted by Crippen LogP contribution is 2.35. The zero-order valence-corrected chi connectivity index (χ0v) is 46.6. The summed E-state index contributed by atoms with van der Waals surface area (Å²) in [5.41, 5.74) is 5.04. The second-order valence-electron chi connectivity index (χ2n) is 17.1. The van der Waals surface area contributed by atoms with Gasteiger partial charge in [0.05, 0.1) is 60.0 Å². The SMILES string of the molecule is CC(=O)O.COC(=O)C1=C(C)N=c2s/c(=C\c3ccc(OCc4ccccc4)c(OC)c3)c(=O)n2C1c1cccs1.COC(=O)C1=C(C)N=c2s/c(=C\c3ccc(OCc4ccccc4)c(OC)c3)c(=O)n2C1c1cccs1. The van der Waals surface area contributed by atoms with Gasteiger partial charge in [-0.1, -0.05) is 108 Å². The van der Waals surface area contributed by atoms with Gasteiger partial charge in [-0.3, -0.25) is 23.5 Å². The van der Waals surface area contributed by atoms with E-state index < -0.39 is 30.0 Å². The van der Waals surface area contributed by atoms with E-state index in [-0.39, 0.29) is 11.1 Å². The number of aliphatic carboxylic acids is 1. The molecule has 0 bridgehead atoms. The van der Waals surface area contributed by atoms with Crippen molar-refractivity contribution in [3.05, 3.63) is 226 Å². The zero-order valence-electron chi connectivity index (χ0n) is 43.3. The number of thiazole rings is 2. The largest absolute Gasteiger partial charge is 0.493 e. The number of methoxy groups -OCH3 is 4. The summed E-state index contributed by atoms with van der Waals surface area (Å²) in [6.45, 7) is 5.45. The molecule has 10 rings (SSSR count). The quantitative estimate of drug-likeness (QED) is 0.103. The summed E-state index contributed by atoms with van der Waals surface area (Å²) in [4.78, 5) is 73.5. The van der Waals surface area contributed by atoms with Crippen LogP contribution in [0.4, 0.5) is 0 Å². The minimum Gasteiger partial charge on any atom is -0.493 e. The molecule has 0 spiro atoms. The average Bonchev–Trinajstić information content (AvgIpc) is 4.44. The van der Waals surface area contributed by atoms with Gasteiger partial charge < -0.3 is 33.5 Å². The van der Waals surface area contributed by atoms with Crippen molar-refractivity contribution >= 4 is 75.4 Å². The van der Waals surface area contributed by atoms with Crippen LogP contribution in [0.25, 0.3) is 12.2 Å². The van der Waals surface area contributed by atoms with E-state index >= 15 is 0 Å². The molecule has 0 amide bonds. The van der Waals surface area contributed by atoms with Gasteiger partial charge in [0.1, 0.15) is 25.3 Å². The number of thiophene rings is 2. The molecule has 2 unspecified atom stereocenters. The van der Waals surface area contributed by atoms with Gasteiger partial charge in [0.15, 0.2) is 32.6 Å². The number of aromatic nitrogens is 2. The molecule has 2 aliphatic heterocycles. The van der Waals surface area contributed by atoms with Gasteiger partial charge in [-0.05, 0) is 95.4 Å². The van der Waals surface area contributed by atoms with E-state index in [1.165, 1.54) is 59.6 Å². The molecule has 0 radical (unpaired) electrons. The minimum atomic E-state index is -0.833. The van der Waals surface area contributed by atoms with Crippen molar-refractivity contribution in [1.29, 1.82) is 0 Å². The van der Waals surface area contributed by atoms with Gasteiger partial charge in [-0.2, -0.15) is 0 Å². The summed E-state index contributed by atoms with van der Waals surface area (Å²) < 4.78 is 37.2. The van der Waals surface area contributed by atoms with Crippen LogP contribution in [-0.4, -0.2) is 60.6 Å². The monoisotopic (exact) mass is 1120 g/mol. The second-order valence-corrected chi connectivity index (χ2v) is 21.0. The lowest BCUT2D eigenvalue weighted by Crippen LogP contribution is -2.39.